The number of nitrogen functional groups attached to an aromatic ring is 1. The second-order valence-electron chi connectivity index (χ2n) is 7.08. The summed E-state index contributed by atoms with van der Waals surface area (Å²) in [6, 6.07) is 2.50. The summed E-state index contributed by atoms with van der Waals surface area (Å²) in [5.41, 5.74) is 7.41. The molecule has 4 rings (SSSR count). The average molecular weight is 461 g/mol. The van der Waals surface area contributed by atoms with E-state index in [2.05, 4.69) is 19.9 Å². The highest BCUT2D eigenvalue weighted by Gasteiger charge is 2.18. The zero-order valence-corrected chi connectivity index (χ0v) is 17.9. The maximum absolute atomic E-state index is 14.4. The first-order chi connectivity index (χ1) is 14.9. The van der Waals surface area contributed by atoms with Crippen LogP contribution in [0.5, 0.6) is 5.75 Å². The standard InChI is InChI=1S/C21H19Cl2FN6O/c22-15-9-27-10-16(23)14(15)11-31-19-5-13(18(25)6-17(19)24)20(26)12-7-28-21(29-8-12)30-3-1-2-4-30/h5-10,26H,1-4,11,25H2. The number of nitrogens with two attached hydrogens (primary N) is 1. The van der Waals surface area contributed by atoms with Crippen molar-refractivity contribution in [2.45, 2.75) is 19.4 Å². The molecule has 0 spiro atoms. The molecule has 3 aromatic rings. The van der Waals surface area contributed by atoms with E-state index in [0.29, 0.717) is 32.7 Å². The summed E-state index contributed by atoms with van der Waals surface area (Å²) in [5.74, 6) is -0.0975. The van der Waals surface area contributed by atoms with Crippen molar-refractivity contribution < 1.29 is 9.13 Å². The second kappa shape index (κ2) is 9.03. The summed E-state index contributed by atoms with van der Waals surface area (Å²) in [7, 11) is 0. The van der Waals surface area contributed by atoms with Crippen molar-refractivity contribution in [3.8, 4) is 5.75 Å². The van der Waals surface area contributed by atoms with Gasteiger partial charge >= 0.3 is 0 Å². The first-order valence-electron chi connectivity index (χ1n) is 9.60. The highest BCUT2D eigenvalue weighted by atomic mass is 35.5. The molecular weight excluding hydrogens is 442 g/mol. The predicted octanol–water partition coefficient (Wildman–Crippen LogP) is 4.50. The summed E-state index contributed by atoms with van der Waals surface area (Å²) < 4.78 is 20.0. The highest BCUT2D eigenvalue weighted by molar-refractivity contribution is 6.35. The van der Waals surface area contributed by atoms with E-state index in [1.165, 1.54) is 18.5 Å². The minimum absolute atomic E-state index is 0.0651. The molecule has 10 heteroatoms. The fourth-order valence-electron chi connectivity index (χ4n) is 3.31. The first kappa shape index (κ1) is 21.3. The second-order valence-corrected chi connectivity index (χ2v) is 7.90. The molecule has 0 unspecified atom stereocenters. The van der Waals surface area contributed by atoms with Crippen LogP contribution in [0.2, 0.25) is 10.0 Å². The van der Waals surface area contributed by atoms with Gasteiger partial charge in [0.15, 0.2) is 11.6 Å². The lowest BCUT2D eigenvalue weighted by Crippen LogP contribution is -2.20. The lowest BCUT2D eigenvalue weighted by molar-refractivity contribution is 0.290. The van der Waals surface area contributed by atoms with Gasteiger partial charge in [-0.05, 0) is 18.9 Å². The Labute approximate surface area is 188 Å². The van der Waals surface area contributed by atoms with Gasteiger partial charge in [-0.3, -0.25) is 10.4 Å². The summed E-state index contributed by atoms with van der Waals surface area (Å²) in [4.78, 5) is 14.7. The Kier molecular flexibility index (Phi) is 6.20. The van der Waals surface area contributed by atoms with Gasteiger partial charge in [-0.25, -0.2) is 14.4 Å². The number of halogens is 3. The van der Waals surface area contributed by atoms with E-state index in [9.17, 15) is 4.39 Å². The zero-order chi connectivity index (χ0) is 22.0. The SMILES string of the molecule is N=C(c1cnc(N2CCCC2)nc1)c1cc(OCc2c(Cl)cncc2Cl)c(F)cc1N. The third-order valence-corrected chi connectivity index (χ3v) is 5.66. The minimum atomic E-state index is -0.656. The quantitative estimate of drug-likeness (QED) is 0.414. The molecule has 0 atom stereocenters. The van der Waals surface area contributed by atoms with Crippen molar-refractivity contribution >= 4 is 40.5 Å². The van der Waals surface area contributed by atoms with E-state index in [1.807, 2.05) is 0 Å². The molecule has 1 aromatic carbocycles. The molecule has 7 nitrogen and oxygen atoms in total. The summed E-state index contributed by atoms with van der Waals surface area (Å²) in [6.45, 7) is 1.78. The predicted molar refractivity (Wildman–Crippen MR) is 119 cm³/mol. The largest absolute Gasteiger partial charge is 0.486 e. The molecule has 3 N–H and O–H groups in total. The van der Waals surface area contributed by atoms with Crippen molar-refractivity contribution in [3.05, 3.63) is 69.5 Å². The monoisotopic (exact) mass is 460 g/mol. The third-order valence-electron chi connectivity index (χ3n) is 5.01. The Balaban J connectivity index is 1.56. The topological polar surface area (TPSA) is 101 Å². The third kappa shape index (κ3) is 4.55. The summed E-state index contributed by atoms with van der Waals surface area (Å²) in [5, 5.41) is 9.14. The van der Waals surface area contributed by atoms with Crippen LogP contribution in [-0.4, -0.2) is 33.8 Å². The van der Waals surface area contributed by atoms with Crippen LogP contribution in [0.15, 0.2) is 36.9 Å². The van der Waals surface area contributed by atoms with Crippen LogP contribution < -0.4 is 15.4 Å². The van der Waals surface area contributed by atoms with Crippen molar-refractivity contribution in [1.82, 2.24) is 15.0 Å². The maximum Gasteiger partial charge on any atom is 0.225 e. The van der Waals surface area contributed by atoms with Crippen molar-refractivity contribution in [2.75, 3.05) is 23.7 Å². The van der Waals surface area contributed by atoms with Gasteiger partial charge in [-0.15, -0.1) is 0 Å². The summed E-state index contributed by atoms with van der Waals surface area (Å²) >= 11 is 12.2. The van der Waals surface area contributed by atoms with Crippen LogP contribution in [0, 0.1) is 11.2 Å². The summed E-state index contributed by atoms with van der Waals surface area (Å²) in [6.07, 6.45) is 8.24. The lowest BCUT2D eigenvalue weighted by atomic mass is 10.0. The molecule has 1 saturated heterocycles. The Hall–Kier alpha value is -2.97. The Morgan fingerprint density at radius 2 is 1.74 bits per heavy atom. The number of rotatable bonds is 6. The van der Waals surface area contributed by atoms with Crippen LogP contribution in [0.3, 0.4) is 0 Å². The number of hydrogen-bond donors (Lipinski definition) is 2. The van der Waals surface area contributed by atoms with Crippen LogP contribution in [0.25, 0.3) is 0 Å². The number of pyridine rings is 1. The molecule has 0 radical (unpaired) electrons. The van der Waals surface area contributed by atoms with E-state index in [4.69, 9.17) is 39.1 Å². The van der Waals surface area contributed by atoms with Gasteiger partial charge in [0.2, 0.25) is 5.95 Å². The van der Waals surface area contributed by atoms with E-state index in [0.717, 1.165) is 32.0 Å². The Morgan fingerprint density at radius 1 is 1.10 bits per heavy atom. The molecule has 160 valence electrons. The van der Waals surface area contributed by atoms with Crippen LogP contribution in [0.4, 0.5) is 16.0 Å². The molecule has 1 aliphatic heterocycles. The van der Waals surface area contributed by atoms with E-state index in [-0.39, 0.29) is 23.8 Å². The fourth-order valence-corrected chi connectivity index (χ4v) is 3.78. The van der Waals surface area contributed by atoms with Crippen LogP contribution in [0.1, 0.15) is 29.5 Å². The number of anilines is 2. The lowest BCUT2D eigenvalue weighted by Gasteiger charge is -2.16. The number of ether oxygens (including phenoxy) is 1. The van der Waals surface area contributed by atoms with E-state index >= 15 is 0 Å². The Bertz CT molecular complexity index is 1100. The number of benzene rings is 1. The molecule has 1 aliphatic rings. The van der Waals surface area contributed by atoms with Gasteiger partial charge in [-0.1, -0.05) is 23.2 Å². The zero-order valence-electron chi connectivity index (χ0n) is 16.4. The van der Waals surface area contributed by atoms with Gasteiger partial charge in [0.05, 0.1) is 15.8 Å². The van der Waals surface area contributed by atoms with Crippen LogP contribution >= 0.6 is 23.2 Å². The number of hydrogen-bond acceptors (Lipinski definition) is 7. The van der Waals surface area contributed by atoms with E-state index in [1.54, 1.807) is 12.4 Å². The number of aromatic nitrogens is 3. The molecule has 0 aliphatic carbocycles. The van der Waals surface area contributed by atoms with Gasteiger partial charge in [-0.2, -0.15) is 0 Å². The first-order valence-corrected chi connectivity index (χ1v) is 10.4. The Morgan fingerprint density at radius 3 is 2.39 bits per heavy atom. The smallest absolute Gasteiger partial charge is 0.225 e. The molecule has 0 amide bonds. The molecule has 3 heterocycles. The maximum atomic E-state index is 14.4. The van der Waals surface area contributed by atoms with Crippen LogP contribution in [-0.2, 0) is 6.61 Å². The van der Waals surface area contributed by atoms with Gasteiger partial charge in [0.25, 0.3) is 0 Å². The average Bonchev–Trinajstić information content (AvgIpc) is 3.29. The molecule has 1 fully saturated rings. The minimum Gasteiger partial charge on any atom is -0.486 e. The van der Waals surface area contributed by atoms with Crippen molar-refractivity contribution in [1.29, 1.82) is 5.41 Å². The molecule has 2 aromatic heterocycles. The highest BCUT2D eigenvalue weighted by Crippen LogP contribution is 2.29. The van der Waals surface area contributed by atoms with Gasteiger partial charge in [0, 0.05) is 66.3 Å². The molecule has 31 heavy (non-hydrogen) atoms. The number of nitrogens with zero attached hydrogens (tertiary/aromatic N) is 4. The molecular formula is C21H19Cl2FN6O. The fraction of sp³-hybridized carbons (Fsp3) is 0.238. The van der Waals surface area contributed by atoms with Crippen molar-refractivity contribution in [3.63, 3.8) is 0 Å². The molecule has 0 bridgehead atoms. The molecule has 0 saturated carbocycles. The van der Waals surface area contributed by atoms with E-state index < -0.39 is 5.82 Å². The number of nitrogens with one attached hydrogen (secondary N) is 1. The normalized spacial score (nSPS) is 13.5. The van der Waals surface area contributed by atoms with Gasteiger partial charge < -0.3 is 15.4 Å². The van der Waals surface area contributed by atoms with Gasteiger partial charge in [0.1, 0.15) is 6.61 Å². The van der Waals surface area contributed by atoms with Crippen molar-refractivity contribution in [2.24, 2.45) is 0 Å².